The van der Waals surface area contributed by atoms with Gasteiger partial charge in [-0.1, -0.05) is 26.0 Å². The van der Waals surface area contributed by atoms with E-state index in [-0.39, 0.29) is 41.1 Å². The van der Waals surface area contributed by atoms with Crippen molar-refractivity contribution >= 4 is 15.7 Å². The van der Waals surface area contributed by atoms with Gasteiger partial charge in [0, 0.05) is 13.6 Å². The summed E-state index contributed by atoms with van der Waals surface area (Å²) in [6.07, 6.45) is 1.55. The lowest BCUT2D eigenvalue weighted by Crippen LogP contribution is -2.56. The second-order valence-electron chi connectivity index (χ2n) is 6.27. The average Bonchev–Trinajstić information content (AvgIpc) is 2.73. The lowest BCUT2D eigenvalue weighted by molar-refractivity contribution is 0.0556. The molecule has 20 heavy (non-hydrogen) atoms. The summed E-state index contributed by atoms with van der Waals surface area (Å²) in [5.74, 6) is -0.249. The summed E-state index contributed by atoms with van der Waals surface area (Å²) in [6, 6.07) is -0.351. The fourth-order valence-corrected chi connectivity index (χ4v) is 4.16. The van der Waals surface area contributed by atoms with Gasteiger partial charge < -0.3 is 4.90 Å². The average molecular weight is 300 g/mol. The van der Waals surface area contributed by atoms with Crippen LogP contribution < -0.4 is 0 Å². The molecule has 112 valence electrons. The minimum atomic E-state index is -3.09. The molecule has 2 heterocycles. The zero-order chi connectivity index (χ0) is 15.1. The molecular formula is C12H20N4O3S. The van der Waals surface area contributed by atoms with Crippen molar-refractivity contribution in [1.82, 2.24) is 19.9 Å². The summed E-state index contributed by atoms with van der Waals surface area (Å²) in [4.78, 5) is 14.1. The van der Waals surface area contributed by atoms with E-state index in [1.165, 1.54) is 4.68 Å². The highest BCUT2D eigenvalue weighted by molar-refractivity contribution is 7.91. The highest BCUT2D eigenvalue weighted by Crippen LogP contribution is 2.29. The molecule has 8 heteroatoms. The predicted molar refractivity (Wildman–Crippen MR) is 73.9 cm³/mol. The van der Waals surface area contributed by atoms with Crippen LogP contribution in [-0.2, 0) is 16.9 Å². The smallest absolute Gasteiger partial charge is 0.276 e. The molecule has 0 radical (unpaired) electrons. The highest BCUT2D eigenvalue weighted by Gasteiger charge is 2.41. The predicted octanol–water partition coefficient (Wildman–Crippen LogP) is 0.100. The molecule has 1 atom stereocenters. The summed E-state index contributed by atoms with van der Waals surface area (Å²) < 4.78 is 25.2. The standard InChI is InChI=1S/C12H20N4O3S/c1-12(2,3)10-8-20(18,19)6-5-16(10)11(17)9-7-15(4)14-13-9/h7,10H,5-6,8H2,1-4H3. The van der Waals surface area contributed by atoms with Crippen LogP contribution in [0.25, 0.3) is 0 Å². The molecule has 1 aromatic heterocycles. The van der Waals surface area contributed by atoms with Crippen LogP contribution in [0.5, 0.6) is 0 Å². The van der Waals surface area contributed by atoms with Gasteiger partial charge in [0.15, 0.2) is 15.5 Å². The number of aryl methyl sites for hydroxylation is 1. The number of carbonyl (C=O) groups excluding carboxylic acids is 1. The van der Waals surface area contributed by atoms with E-state index in [2.05, 4.69) is 10.3 Å². The molecule has 0 bridgehead atoms. The first-order valence-corrected chi connectivity index (χ1v) is 8.30. The Hall–Kier alpha value is -1.44. The van der Waals surface area contributed by atoms with Crippen molar-refractivity contribution in [2.45, 2.75) is 26.8 Å². The third kappa shape index (κ3) is 3.00. The Bertz CT molecular complexity index is 615. The molecule has 0 aliphatic carbocycles. The summed E-state index contributed by atoms with van der Waals surface area (Å²) in [6.45, 7) is 6.03. The van der Waals surface area contributed by atoms with Gasteiger partial charge in [-0.2, -0.15) is 0 Å². The molecule has 7 nitrogen and oxygen atoms in total. The number of hydrogen-bond donors (Lipinski definition) is 0. The molecule has 1 aliphatic heterocycles. The van der Waals surface area contributed by atoms with Crippen LogP contribution in [0.1, 0.15) is 31.3 Å². The van der Waals surface area contributed by atoms with Crippen molar-refractivity contribution in [3.63, 3.8) is 0 Å². The highest BCUT2D eigenvalue weighted by atomic mass is 32.2. The van der Waals surface area contributed by atoms with Gasteiger partial charge in [0.25, 0.3) is 5.91 Å². The van der Waals surface area contributed by atoms with Gasteiger partial charge in [-0.15, -0.1) is 5.10 Å². The normalized spacial score (nSPS) is 22.8. The van der Waals surface area contributed by atoms with E-state index in [0.717, 1.165) is 0 Å². The van der Waals surface area contributed by atoms with E-state index >= 15 is 0 Å². The van der Waals surface area contributed by atoms with Crippen LogP contribution in [0.3, 0.4) is 0 Å². The molecule has 0 N–H and O–H groups in total. The molecule has 0 saturated carbocycles. The molecule has 1 aromatic rings. The van der Waals surface area contributed by atoms with Crippen LogP contribution in [-0.4, -0.2) is 58.3 Å². The largest absolute Gasteiger partial charge is 0.332 e. The lowest BCUT2D eigenvalue weighted by atomic mass is 9.86. The maximum atomic E-state index is 12.5. The first kappa shape index (κ1) is 15.0. The topological polar surface area (TPSA) is 85.2 Å². The number of hydrogen-bond acceptors (Lipinski definition) is 5. The van der Waals surface area contributed by atoms with Gasteiger partial charge in [-0.3, -0.25) is 9.48 Å². The van der Waals surface area contributed by atoms with Crippen molar-refractivity contribution < 1.29 is 13.2 Å². The number of nitrogens with zero attached hydrogens (tertiary/aromatic N) is 4. The summed E-state index contributed by atoms with van der Waals surface area (Å²) in [5.41, 5.74) is -0.0632. The third-order valence-electron chi connectivity index (χ3n) is 3.51. The van der Waals surface area contributed by atoms with Gasteiger partial charge in [0.1, 0.15) is 0 Å². The SMILES string of the molecule is Cn1cc(C(=O)N2CCS(=O)(=O)CC2C(C)(C)C)nn1. The van der Waals surface area contributed by atoms with Crippen LogP contribution in [0, 0.1) is 5.41 Å². The fraction of sp³-hybridized carbons (Fsp3) is 0.750. The zero-order valence-corrected chi connectivity index (χ0v) is 13.0. The van der Waals surface area contributed by atoms with E-state index in [1.807, 2.05) is 20.8 Å². The molecule has 1 fully saturated rings. The molecule has 1 unspecified atom stereocenters. The number of sulfone groups is 1. The Balaban J connectivity index is 2.31. The monoisotopic (exact) mass is 300 g/mol. The molecule has 1 amide bonds. The Morgan fingerprint density at radius 3 is 2.55 bits per heavy atom. The first-order chi connectivity index (χ1) is 9.10. The molecule has 1 saturated heterocycles. The van der Waals surface area contributed by atoms with E-state index < -0.39 is 9.84 Å². The van der Waals surface area contributed by atoms with Crippen LogP contribution in [0.2, 0.25) is 0 Å². The Morgan fingerprint density at radius 1 is 1.40 bits per heavy atom. The van der Waals surface area contributed by atoms with Crippen LogP contribution >= 0.6 is 0 Å². The van der Waals surface area contributed by atoms with Crippen molar-refractivity contribution in [2.75, 3.05) is 18.1 Å². The fourth-order valence-electron chi connectivity index (χ4n) is 2.36. The second kappa shape index (κ2) is 4.83. The van der Waals surface area contributed by atoms with Crippen molar-refractivity contribution in [1.29, 1.82) is 0 Å². The summed E-state index contributed by atoms with van der Waals surface area (Å²) in [5, 5.41) is 7.57. The van der Waals surface area contributed by atoms with Gasteiger partial charge >= 0.3 is 0 Å². The molecule has 2 rings (SSSR count). The van der Waals surface area contributed by atoms with Crippen molar-refractivity contribution in [3.05, 3.63) is 11.9 Å². The van der Waals surface area contributed by atoms with Gasteiger partial charge in [-0.05, 0) is 5.41 Å². The lowest BCUT2D eigenvalue weighted by Gasteiger charge is -2.42. The third-order valence-corrected chi connectivity index (χ3v) is 5.14. The van der Waals surface area contributed by atoms with E-state index in [0.29, 0.717) is 0 Å². The Morgan fingerprint density at radius 2 is 2.05 bits per heavy atom. The first-order valence-electron chi connectivity index (χ1n) is 6.48. The zero-order valence-electron chi connectivity index (χ0n) is 12.2. The quantitative estimate of drug-likeness (QED) is 0.734. The number of aromatic nitrogens is 3. The van der Waals surface area contributed by atoms with Gasteiger partial charge in [0.2, 0.25) is 0 Å². The van der Waals surface area contributed by atoms with E-state index in [9.17, 15) is 13.2 Å². The minimum Gasteiger partial charge on any atom is -0.332 e. The Labute approximate surface area is 118 Å². The second-order valence-corrected chi connectivity index (χ2v) is 8.50. The molecule has 0 spiro atoms. The van der Waals surface area contributed by atoms with E-state index in [1.54, 1.807) is 18.1 Å². The maximum absolute atomic E-state index is 12.5. The van der Waals surface area contributed by atoms with E-state index in [4.69, 9.17) is 0 Å². The van der Waals surface area contributed by atoms with Crippen molar-refractivity contribution in [2.24, 2.45) is 12.5 Å². The molecule has 1 aliphatic rings. The summed E-state index contributed by atoms with van der Waals surface area (Å²) >= 11 is 0. The number of carbonyl (C=O) groups is 1. The van der Waals surface area contributed by atoms with Crippen molar-refractivity contribution in [3.8, 4) is 0 Å². The van der Waals surface area contributed by atoms with Crippen LogP contribution in [0.4, 0.5) is 0 Å². The van der Waals surface area contributed by atoms with Gasteiger partial charge in [0.05, 0.1) is 23.7 Å². The number of amides is 1. The minimum absolute atomic E-state index is 0.00248. The maximum Gasteiger partial charge on any atom is 0.276 e. The molecular weight excluding hydrogens is 280 g/mol. The van der Waals surface area contributed by atoms with Gasteiger partial charge in [-0.25, -0.2) is 8.42 Å². The Kier molecular flexibility index (Phi) is 3.62. The number of rotatable bonds is 1. The van der Waals surface area contributed by atoms with Crippen LogP contribution in [0.15, 0.2) is 6.20 Å². The molecule has 0 aromatic carbocycles. The summed E-state index contributed by atoms with van der Waals surface area (Å²) in [7, 11) is -1.41.